The van der Waals surface area contributed by atoms with E-state index in [-0.39, 0.29) is 23.1 Å². The second-order valence-electron chi connectivity index (χ2n) is 1.30. The molecule has 0 fully saturated rings. The third-order valence-electron chi connectivity index (χ3n) is 0.365. The molecule has 0 amide bonds. The molecule has 0 aromatic rings. The predicted octanol–water partition coefficient (Wildman–Crippen LogP) is -2.93. The fraction of sp³-hybridized carbons (Fsp3) is 0. The topological polar surface area (TPSA) is 201 Å². The summed E-state index contributed by atoms with van der Waals surface area (Å²) in [4.78, 5) is 17.9. The van der Waals surface area contributed by atoms with Crippen molar-refractivity contribution in [3.63, 3.8) is 0 Å². The van der Waals surface area contributed by atoms with Gasteiger partial charge in [0.15, 0.2) is 0 Å². The van der Waals surface area contributed by atoms with Gasteiger partial charge in [0.25, 0.3) is 0 Å². The van der Waals surface area contributed by atoms with E-state index in [9.17, 15) is 0 Å². The van der Waals surface area contributed by atoms with Crippen LogP contribution in [0.1, 0.15) is 0 Å². The number of nitro groups is 2. The molecule has 84 valence electrons. The van der Waals surface area contributed by atoms with E-state index >= 15 is 0 Å². The fourth-order valence-corrected chi connectivity index (χ4v) is 0. The molecule has 0 heterocycles. The van der Waals surface area contributed by atoms with Crippen LogP contribution in [0.4, 0.5) is 0 Å². The van der Waals surface area contributed by atoms with Crippen LogP contribution in [0.15, 0.2) is 0 Å². The summed E-state index contributed by atoms with van der Waals surface area (Å²) in [6, 6.07) is 0. The summed E-state index contributed by atoms with van der Waals surface area (Å²) >= 11 is 0. The monoisotopic (exact) mass is 276 g/mol. The Labute approximate surface area is 98.5 Å². The molecule has 0 saturated heterocycles. The molecule has 15 heavy (non-hydrogen) atoms. The van der Waals surface area contributed by atoms with Crippen LogP contribution in [-0.2, 0) is 20.6 Å². The molecule has 0 aliphatic rings. The van der Waals surface area contributed by atoms with Crippen molar-refractivity contribution in [3.05, 3.63) is 20.2 Å². The molecule has 12 nitrogen and oxygen atoms in total. The molecule has 0 saturated carbocycles. The minimum atomic E-state index is -5.27. The zero-order chi connectivity index (χ0) is 12.2. The van der Waals surface area contributed by atoms with Gasteiger partial charge in [-0.05, 0) is 0 Å². The molecule has 0 unspecified atom stereocenters. The minimum Gasteiger partial charge on any atom is -0.689 e. The van der Waals surface area contributed by atoms with Gasteiger partial charge >= 0.3 is 43.7 Å². The van der Waals surface area contributed by atoms with E-state index in [4.69, 9.17) is 46.2 Å². The van der Waals surface area contributed by atoms with Gasteiger partial charge in [-0.1, -0.05) is 0 Å². The van der Waals surface area contributed by atoms with Gasteiger partial charge < -0.3 is 9.11 Å². The molecule has 0 N–H and O–H groups in total. The summed E-state index contributed by atoms with van der Waals surface area (Å²) in [6.07, 6.45) is 0. The van der Waals surface area contributed by atoms with Crippen LogP contribution >= 0.6 is 0 Å². The first kappa shape index (κ1) is 19.9. The van der Waals surface area contributed by atoms with Crippen molar-refractivity contribution in [2.45, 2.75) is 0 Å². The van der Waals surface area contributed by atoms with Crippen molar-refractivity contribution in [2.75, 3.05) is 0 Å². The standard InChI is InChI=1S/Mg.2HNO5S/c;2*2-1(3)7(4,5)6/h;2*(H,4,5,6)/q+2;;/p-2. The molecule has 0 aliphatic heterocycles. The molecule has 0 aromatic carbocycles. The first-order valence-corrected chi connectivity index (χ1v) is 4.83. The summed E-state index contributed by atoms with van der Waals surface area (Å²) in [6.45, 7) is 0. The fourth-order valence-electron chi connectivity index (χ4n) is 0. The van der Waals surface area contributed by atoms with Crippen molar-refractivity contribution in [1.82, 2.24) is 0 Å². The second kappa shape index (κ2) is 6.79. The van der Waals surface area contributed by atoms with Gasteiger partial charge in [0.05, 0.1) is 0 Å². The van der Waals surface area contributed by atoms with E-state index in [0.29, 0.717) is 0 Å². The zero-order valence-electron chi connectivity index (χ0n) is 6.50. The van der Waals surface area contributed by atoms with E-state index in [2.05, 4.69) is 0 Å². The molecule has 0 aromatic heterocycles. The molecular weight excluding hydrogens is 276 g/mol. The van der Waals surface area contributed by atoms with E-state index in [1.165, 1.54) is 0 Å². The maximum absolute atomic E-state index is 9.08. The Morgan fingerprint density at radius 3 is 0.800 bits per heavy atom. The Kier molecular flexibility index (Phi) is 9.01. The Bertz CT molecular complexity index is 372. The van der Waals surface area contributed by atoms with Crippen molar-refractivity contribution in [3.8, 4) is 0 Å². The normalized spacial score (nSPS) is 10.3. The van der Waals surface area contributed by atoms with Crippen LogP contribution in [0.3, 0.4) is 0 Å². The summed E-state index contributed by atoms with van der Waals surface area (Å²) < 4.78 is 50.7. The summed E-state index contributed by atoms with van der Waals surface area (Å²) in [7, 11) is -10.5. The van der Waals surface area contributed by atoms with Crippen molar-refractivity contribution in [1.29, 1.82) is 0 Å². The first-order valence-electron chi connectivity index (χ1n) is 2.10. The van der Waals surface area contributed by atoms with Crippen LogP contribution < -0.4 is 0 Å². The maximum Gasteiger partial charge on any atom is 2.00 e. The van der Waals surface area contributed by atoms with Gasteiger partial charge in [0, 0.05) is 0 Å². The van der Waals surface area contributed by atoms with Gasteiger partial charge in [-0.25, -0.2) is 20.2 Å². The van der Waals surface area contributed by atoms with Gasteiger partial charge in [-0.2, -0.15) is 16.8 Å². The van der Waals surface area contributed by atoms with Crippen LogP contribution in [0.2, 0.25) is 0 Å². The first-order chi connectivity index (χ1) is 5.89. The molecule has 0 bridgehead atoms. The Morgan fingerprint density at radius 1 is 0.733 bits per heavy atom. The quantitative estimate of drug-likeness (QED) is 0.217. The van der Waals surface area contributed by atoms with Gasteiger partial charge in [0.1, 0.15) is 8.66 Å². The van der Waals surface area contributed by atoms with E-state index in [1.54, 1.807) is 0 Å². The molecule has 0 atom stereocenters. The van der Waals surface area contributed by atoms with Gasteiger partial charge in [-0.15, -0.1) is 0 Å². The number of nitrogens with zero attached hydrogens (tertiary/aromatic N) is 2. The van der Waals surface area contributed by atoms with Gasteiger partial charge in [-0.3, -0.25) is 0 Å². The third-order valence-corrected chi connectivity index (χ3v) is 1.10. The number of hydrogen-bond acceptors (Lipinski definition) is 10. The van der Waals surface area contributed by atoms with Crippen molar-refractivity contribution in [2.24, 2.45) is 0 Å². The predicted molar refractivity (Wildman–Crippen MR) is 39.1 cm³/mol. The SMILES string of the molecule is O=[N+]([O-])S(=O)(=O)[O-].O=[N+]([O-])S(=O)(=O)[O-].[Mg+2]. The zero-order valence-corrected chi connectivity index (χ0v) is 9.55. The van der Waals surface area contributed by atoms with E-state index < -0.39 is 29.3 Å². The Morgan fingerprint density at radius 2 is 0.800 bits per heavy atom. The molecule has 15 heteroatoms. The average Bonchev–Trinajstić information content (AvgIpc) is 1.83. The van der Waals surface area contributed by atoms with Crippen LogP contribution in [0.5, 0.6) is 0 Å². The van der Waals surface area contributed by atoms with Crippen LogP contribution in [0, 0.1) is 20.2 Å². The minimum absolute atomic E-state index is 0. The van der Waals surface area contributed by atoms with Crippen molar-refractivity contribution >= 4 is 43.7 Å². The van der Waals surface area contributed by atoms with Gasteiger partial charge in [0.2, 0.25) is 0 Å². The Balaban J connectivity index is -0.000000180. The molecule has 0 spiro atoms. The maximum atomic E-state index is 9.08. The molecule has 0 rings (SSSR count). The molecule has 0 radical (unpaired) electrons. The average molecular weight is 276 g/mol. The summed E-state index contributed by atoms with van der Waals surface area (Å²) in [5.74, 6) is 0. The number of rotatable bonds is 2. The second-order valence-corrected chi connectivity index (χ2v) is 3.61. The van der Waals surface area contributed by atoms with Crippen LogP contribution in [0.25, 0.3) is 0 Å². The number of hydrogen-bond donors (Lipinski definition) is 0. The van der Waals surface area contributed by atoms with Crippen LogP contribution in [-0.4, -0.2) is 57.7 Å². The van der Waals surface area contributed by atoms with E-state index in [1.807, 2.05) is 0 Å². The third kappa shape index (κ3) is 13.4. The van der Waals surface area contributed by atoms with Crippen molar-refractivity contribution < 1.29 is 34.6 Å². The summed E-state index contributed by atoms with van der Waals surface area (Å²) in [5.41, 5.74) is 0. The summed E-state index contributed by atoms with van der Waals surface area (Å²) in [5, 5.41) is 17.9. The Hall–Kier alpha value is -0.614. The molecule has 0 aliphatic carbocycles. The largest absolute Gasteiger partial charge is 2.00 e. The van der Waals surface area contributed by atoms with E-state index in [0.717, 1.165) is 0 Å². The smallest absolute Gasteiger partial charge is 0.689 e. The molecular formula is MgN2O10S2.